The molecule has 1 amide bonds. The molecule has 0 radical (unpaired) electrons. The molecule has 10 heteroatoms. The number of amidine groups is 1. The average molecular weight is 521 g/mol. The number of unbranched alkanes of at least 4 members (excludes halogenated alkanes) is 1. The van der Waals surface area contributed by atoms with Gasteiger partial charge in [-0.05, 0) is 82.3 Å². The molecule has 0 aliphatic carbocycles. The lowest BCUT2D eigenvalue weighted by molar-refractivity contribution is -0.115. The lowest BCUT2D eigenvalue weighted by Gasteiger charge is -2.12. The predicted molar refractivity (Wildman–Crippen MR) is 118 cm³/mol. The molecule has 28 heavy (non-hydrogen) atoms. The van der Waals surface area contributed by atoms with Crippen molar-refractivity contribution in [1.82, 2.24) is 5.32 Å². The Bertz CT molecular complexity index is 683. The summed E-state index contributed by atoms with van der Waals surface area (Å²) < 4.78 is 7.17. The number of carbonyl (C=O) groups is 1. The van der Waals surface area contributed by atoms with E-state index in [-0.39, 0.29) is 12.1 Å². The zero-order chi connectivity index (χ0) is 20.9. The molecular weight excluding hydrogens is 494 g/mol. The first-order valence-electron chi connectivity index (χ1n) is 8.95. The molecule has 0 saturated carbocycles. The molecule has 0 spiro atoms. The number of oxime groups is 1. The molecule has 0 aliphatic heterocycles. The molecular formula is C18H27Br2N5O3. The summed E-state index contributed by atoms with van der Waals surface area (Å²) in [4.78, 5) is 16.3. The number of rotatable bonds is 12. The van der Waals surface area contributed by atoms with Gasteiger partial charge in [-0.1, -0.05) is 5.16 Å². The summed E-state index contributed by atoms with van der Waals surface area (Å²) in [6.45, 7) is 3.90. The molecule has 1 rings (SSSR count). The highest BCUT2D eigenvalue weighted by Gasteiger charge is 2.15. The fraction of sp³-hybridized carbons (Fsp3) is 0.500. The summed E-state index contributed by atoms with van der Waals surface area (Å²) >= 11 is 6.93. The van der Waals surface area contributed by atoms with E-state index in [0.717, 1.165) is 33.8 Å². The summed E-state index contributed by atoms with van der Waals surface area (Å²) in [5, 5.41) is 15.1. The van der Waals surface area contributed by atoms with E-state index >= 15 is 0 Å². The summed E-state index contributed by atoms with van der Waals surface area (Å²) in [5.41, 5.74) is 11.8. The molecule has 0 saturated heterocycles. The third-order valence-electron chi connectivity index (χ3n) is 3.64. The molecule has 0 aromatic heterocycles. The maximum absolute atomic E-state index is 12.2. The van der Waals surface area contributed by atoms with Crippen LogP contribution < -0.4 is 21.5 Å². The van der Waals surface area contributed by atoms with Crippen molar-refractivity contribution in [3.05, 3.63) is 26.6 Å². The van der Waals surface area contributed by atoms with Crippen LogP contribution in [0.15, 0.2) is 31.2 Å². The summed E-state index contributed by atoms with van der Waals surface area (Å²) in [6.07, 6.45) is 2.50. The van der Waals surface area contributed by atoms with Crippen molar-refractivity contribution < 1.29 is 14.7 Å². The van der Waals surface area contributed by atoms with Crippen molar-refractivity contribution in [2.45, 2.75) is 32.6 Å². The summed E-state index contributed by atoms with van der Waals surface area (Å²) in [7, 11) is 0. The molecule has 1 aromatic rings. The molecule has 6 N–H and O–H groups in total. The van der Waals surface area contributed by atoms with Gasteiger partial charge >= 0.3 is 0 Å². The van der Waals surface area contributed by atoms with Gasteiger partial charge in [0.05, 0.1) is 21.4 Å². The number of nitrogens with zero attached hydrogens (tertiary/aromatic N) is 2. The highest BCUT2D eigenvalue weighted by Crippen LogP contribution is 2.35. The molecule has 0 fully saturated rings. The minimum Gasteiger partial charge on any atom is -0.491 e. The normalized spacial score (nSPS) is 12.1. The minimum absolute atomic E-state index is 0.0337. The van der Waals surface area contributed by atoms with Crippen LogP contribution in [0, 0.1) is 0 Å². The van der Waals surface area contributed by atoms with E-state index in [1.807, 2.05) is 12.1 Å². The molecule has 0 unspecified atom stereocenters. The van der Waals surface area contributed by atoms with Gasteiger partial charge in [-0.3, -0.25) is 9.79 Å². The molecule has 8 nitrogen and oxygen atoms in total. The Morgan fingerprint density at radius 3 is 2.50 bits per heavy atom. The lowest BCUT2D eigenvalue weighted by atomic mass is 10.1. The molecule has 1 aromatic carbocycles. The van der Waals surface area contributed by atoms with Gasteiger partial charge in [0.1, 0.15) is 11.5 Å². The molecule has 0 atom stereocenters. The van der Waals surface area contributed by atoms with Gasteiger partial charge in [0, 0.05) is 19.5 Å². The first kappa shape index (κ1) is 24.4. The van der Waals surface area contributed by atoms with Crippen LogP contribution in [0.2, 0.25) is 0 Å². The minimum atomic E-state index is -0.406. The quantitative estimate of drug-likeness (QED) is 0.110. The topological polar surface area (TPSA) is 135 Å². The second-order valence-corrected chi connectivity index (χ2v) is 7.80. The zero-order valence-electron chi connectivity index (χ0n) is 15.9. The van der Waals surface area contributed by atoms with Gasteiger partial charge in [0.25, 0.3) is 5.91 Å². The second kappa shape index (κ2) is 13.5. The number of hydrogen-bond acceptors (Lipinski definition) is 6. The highest BCUT2D eigenvalue weighted by molar-refractivity contribution is 9.11. The SMILES string of the molecule is CC(N)=NCCCCNC(=O)/C(Cc1cc(Br)c(OCCCN)c(Br)c1)=N/O. The number of amides is 1. The second-order valence-electron chi connectivity index (χ2n) is 6.09. The van der Waals surface area contributed by atoms with Gasteiger partial charge < -0.3 is 26.7 Å². The Labute approximate surface area is 182 Å². The molecule has 156 valence electrons. The van der Waals surface area contributed by atoms with Gasteiger partial charge in [0.15, 0.2) is 0 Å². The van der Waals surface area contributed by atoms with E-state index in [1.165, 1.54) is 0 Å². The Morgan fingerprint density at radius 1 is 1.25 bits per heavy atom. The number of halogens is 2. The largest absolute Gasteiger partial charge is 0.491 e. The smallest absolute Gasteiger partial charge is 0.269 e. The van der Waals surface area contributed by atoms with Crippen molar-refractivity contribution in [3.63, 3.8) is 0 Å². The summed E-state index contributed by atoms with van der Waals surface area (Å²) in [5.74, 6) is 0.808. The van der Waals surface area contributed by atoms with Crippen LogP contribution in [0.1, 0.15) is 31.7 Å². The lowest BCUT2D eigenvalue weighted by Crippen LogP contribution is -2.33. The van der Waals surface area contributed by atoms with Crippen LogP contribution >= 0.6 is 31.9 Å². The van der Waals surface area contributed by atoms with E-state index < -0.39 is 5.91 Å². The standard InChI is InChI=1S/C18H27Br2N5O3/c1-12(22)23-6-2-3-7-24-18(26)16(25-27)11-13-9-14(19)17(15(20)10-13)28-8-4-5-21/h9-10,27H,2-8,11,21H2,1H3,(H2,22,23)(H,24,26)/b25-16+. The van der Waals surface area contributed by atoms with Crippen LogP contribution in [0.4, 0.5) is 0 Å². The Balaban J connectivity index is 2.59. The van der Waals surface area contributed by atoms with Crippen LogP contribution in [-0.2, 0) is 11.2 Å². The van der Waals surface area contributed by atoms with Crippen molar-refractivity contribution in [3.8, 4) is 5.75 Å². The van der Waals surface area contributed by atoms with E-state index in [9.17, 15) is 10.0 Å². The summed E-state index contributed by atoms with van der Waals surface area (Å²) in [6, 6.07) is 3.66. The molecule has 0 heterocycles. The maximum atomic E-state index is 12.2. The number of aliphatic imine (C=N–C) groups is 1. The van der Waals surface area contributed by atoms with E-state index in [1.54, 1.807) is 6.92 Å². The number of nitrogens with one attached hydrogen (secondary N) is 1. The van der Waals surface area contributed by atoms with Gasteiger partial charge in [-0.25, -0.2) is 0 Å². The van der Waals surface area contributed by atoms with Crippen LogP contribution in [0.5, 0.6) is 5.75 Å². The van der Waals surface area contributed by atoms with E-state index in [2.05, 4.69) is 47.3 Å². The highest BCUT2D eigenvalue weighted by atomic mass is 79.9. The number of carbonyl (C=O) groups excluding carboxylic acids is 1. The Morgan fingerprint density at radius 2 is 1.93 bits per heavy atom. The zero-order valence-corrected chi connectivity index (χ0v) is 19.1. The van der Waals surface area contributed by atoms with E-state index in [0.29, 0.717) is 37.8 Å². The van der Waals surface area contributed by atoms with Crippen molar-refractivity contribution >= 4 is 49.3 Å². The van der Waals surface area contributed by atoms with Crippen LogP contribution in [-0.4, -0.2) is 48.9 Å². The van der Waals surface area contributed by atoms with Crippen molar-refractivity contribution in [1.29, 1.82) is 0 Å². The third kappa shape index (κ3) is 9.03. The molecule has 0 bridgehead atoms. The maximum Gasteiger partial charge on any atom is 0.269 e. The van der Waals surface area contributed by atoms with E-state index in [4.69, 9.17) is 16.2 Å². The van der Waals surface area contributed by atoms with Crippen molar-refractivity contribution in [2.24, 2.45) is 21.6 Å². The third-order valence-corrected chi connectivity index (χ3v) is 4.82. The fourth-order valence-electron chi connectivity index (χ4n) is 2.26. The monoisotopic (exact) mass is 519 g/mol. The Hall–Kier alpha value is -1.65. The first-order valence-corrected chi connectivity index (χ1v) is 10.5. The van der Waals surface area contributed by atoms with Crippen LogP contribution in [0.25, 0.3) is 0 Å². The Kier molecular flexibility index (Phi) is 11.8. The van der Waals surface area contributed by atoms with Gasteiger partial charge in [0.2, 0.25) is 0 Å². The van der Waals surface area contributed by atoms with Crippen LogP contribution in [0.3, 0.4) is 0 Å². The molecule has 0 aliphatic rings. The number of hydrogen-bond donors (Lipinski definition) is 4. The average Bonchev–Trinajstić information content (AvgIpc) is 2.64. The number of ether oxygens (including phenoxy) is 1. The number of benzene rings is 1. The van der Waals surface area contributed by atoms with Crippen molar-refractivity contribution in [2.75, 3.05) is 26.2 Å². The number of nitrogens with two attached hydrogens (primary N) is 2. The van der Waals surface area contributed by atoms with Gasteiger partial charge in [-0.15, -0.1) is 0 Å². The predicted octanol–water partition coefficient (Wildman–Crippen LogP) is 2.59. The first-order chi connectivity index (χ1) is 13.4. The fourth-order valence-corrected chi connectivity index (χ4v) is 3.77. The van der Waals surface area contributed by atoms with Gasteiger partial charge in [-0.2, -0.15) is 0 Å².